The topological polar surface area (TPSA) is 52.5 Å². The third-order valence-corrected chi connectivity index (χ3v) is 4.65. The number of nitrogens with one attached hydrogen (secondary N) is 1. The number of fused-ring (bicyclic) bond motifs is 1. The van der Waals surface area contributed by atoms with Crippen LogP contribution in [0.4, 0.5) is 0 Å². The normalized spacial score (nSPS) is 25.2. The molecule has 2 aliphatic rings. The van der Waals surface area contributed by atoms with Crippen LogP contribution in [0.1, 0.15) is 55.7 Å². The largest absolute Gasteiger partial charge is 0.508 e. The van der Waals surface area contributed by atoms with Gasteiger partial charge in [0.15, 0.2) is 0 Å². The van der Waals surface area contributed by atoms with Crippen LogP contribution in [0.2, 0.25) is 0 Å². The molecule has 0 bridgehead atoms. The lowest BCUT2D eigenvalue weighted by atomic mass is 9.87. The summed E-state index contributed by atoms with van der Waals surface area (Å²) in [5, 5.41) is 23.5. The Bertz CT molecular complexity index is 452. The predicted octanol–water partition coefficient (Wildman–Crippen LogP) is 2.66. The molecule has 19 heavy (non-hydrogen) atoms. The van der Waals surface area contributed by atoms with E-state index in [9.17, 15) is 10.2 Å². The summed E-state index contributed by atoms with van der Waals surface area (Å²) in [6.45, 7) is 0.692. The SMILES string of the molecule is Oc1ccc2c(c1)CCCC2NCC1(O)CCCC1. The first-order valence-electron chi connectivity index (χ1n) is 7.44. The van der Waals surface area contributed by atoms with E-state index in [1.807, 2.05) is 12.1 Å². The molecule has 2 aliphatic carbocycles. The van der Waals surface area contributed by atoms with Crippen molar-refractivity contribution in [1.29, 1.82) is 0 Å². The Morgan fingerprint density at radius 1 is 1.21 bits per heavy atom. The van der Waals surface area contributed by atoms with Crippen LogP contribution in [-0.2, 0) is 6.42 Å². The van der Waals surface area contributed by atoms with Crippen molar-refractivity contribution in [2.45, 2.75) is 56.6 Å². The lowest BCUT2D eigenvalue weighted by Crippen LogP contribution is -2.40. The van der Waals surface area contributed by atoms with Crippen LogP contribution >= 0.6 is 0 Å². The number of phenolic OH excluding ortho intramolecular Hbond substituents is 1. The van der Waals surface area contributed by atoms with Crippen molar-refractivity contribution in [3.05, 3.63) is 29.3 Å². The van der Waals surface area contributed by atoms with Crippen LogP contribution in [0.15, 0.2) is 18.2 Å². The van der Waals surface area contributed by atoms with E-state index in [-0.39, 0.29) is 0 Å². The van der Waals surface area contributed by atoms with Gasteiger partial charge in [0.05, 0.1) is 5.60 Å². The molecule has 1 aromatic rings. The number of phenols is 1. The quantitative estimate of drug-likeness (QED) is 0.784. The summed E-state index contributed by atoms with van der Waals surface area (Å²) >= 11 is 0. The maximum atomic E-state index is 10.4. The zero-order chi connectivity index (χ0) is 13.3. The number of benzene rings is 1. The molecule has 1 unspecified atom stereocenters. The van der Waals surface area contributed by atoms with Gasteiger partial charge in [-0.2, -0.15) is 0 Å². The molecule has 0 amide bonds. The summed E-state index contributed by atoms with van der Waals surface area (Å²) in [7, 11) is 0. The number of aromatic hydroxyl groups is 1. The van der Waals surface area contributed by atoms with Crippen molar-refractivity contribution in [2.24, 2.45) is 0 Å². The predicted molar refractivity (Wildman–Crippen MR) is 75.2 cm³/mol. The van der Waals surface area contributed by atoms with Gasteiger partial charge in [-0.3, -0.25) is 0 Å². The van der Waals surface area contributed by atoms with Crippen molar-refractivity contribution in [1.82, 2.24) is 5.32 Å². The van der Waals surface area contributed by atoms with Gasteiger partial charge in [0.2, 0.25) is 0 Å². The first kappa shape index (κ1) is 12.9. The fourth-order valence-electron chi connectivity index (χ4n) is 3.54. The zero-order valence-electron chi connectivity index (χ0n) is 11.4. The Balaban J connectivity index is 1.69. The Morgan fingerprint density at radius 3 is 2.79 bits per heavy atom. The van der Waals surface area contributed by atoms with Crippen LogP contribution in [0.25, 0.3) is 0 Å². The lowest BCUT2D eigenvalue weighted by molar-refractivity contribution is 0.0442. The fourth-order valence-corrected chi connectivity index (χ4v) is 3.54. The van der Waals surface area contributed by atoms with Crippen LogP contribution in [0.5, 0.6) is 5.75 Å². The molecular formula is C16H23NO2. The molecule has 3 heteroatoms. The van der Waals surface area contributed by atoms with Crippen LogP contribution in [0.3, 0.4) is 0 Å². The van der Waals surface area contributed by atoms with E-state index >= 15 is 0 Å². The molecule has 1 fully saturated rings. The summed E-state index contributed by atoms with van der Waals surface area (Å²) in [4.78, 5) is 0. The average molecular weight is 261 g/mol. The molecule has 0 heterocycles. The van der Waals surface area contributed by atoms with Crippen molar-refractivity contribution in [3.63, 3.8) is 0 Å². The lowest BCUT2D eigenvalue weighted by Gasteiger charge is -2.30. The van der Waals surface area contributed by atoms with E-state index in [1.165, 1.54) is 11.1 Å². The van der Waals surface area contributed by atoms with E-state index in [0.29, 0.717) is 18.3 Å². The second-order valence-corrected chi connectivity index (χ2v) is 6.14. The molecule has 1 atom stereocenters. The molecule has 104 valence electrons. The maximum absolute atomic E-state index is 10.4. The van der Waals surface area contributed by atoms with Gasteiger partial charge in [-0.15, -0.1) is 0 Å². The van der Waals surface area contributed by atoms with Crippen LogP contribution < -0.4 is 5.32 Å². The average Bonchev–Trinajstić information content (AvgIpc) is 2.83. The van der Waals surface area contributed by atoms with Crippen molar-refractivity contribution in [3.8, 4) is 5.75 Å². The van der Waals surface area contributed by atoms with Crippen molar-refractivity contribution < 1.29 is 10.2 Å². The first-order chi connectivity index (χ1) is 9.16. The second-order valence-electron chi connectivity index (χ2n) is 6.14. The summed E-state index contributed by atoms with van der Waals surface area (Å²) < 4.78 is 0. The van der Waals surface area contributed by atoms with E-state index < -0.39 is 5.60 Å². The molecule has 3 N–H and O–H groups in total. The third-order valence-electron chi connectivity index (χ3n) is 4.65. The van der Waals surface area contributed by atoms with Crippen molar-refractivity contribution >= 4 is 0 Å². The maximum Gasteiger partial charge on any atom is 0.115 e. The van der Waals surface area contributed by atoms with Gasteiger partial charge < -0.3 is 15.5 Å². The van der Waals surface area contributed by atoms with Gasteiger partial charge in [0, 0.05) is 12.6 Å². The number of hydrogen-bond donors (Lipinski definition) is 3. The number of aryl methyl sites for hydroxylation is 1. The highest BCUT2D eigenvalue weighted by Gasteiger charge is 2.32. The highest BCUT2D eigenvalue weighted by atomic mass is 16.3. The van der Waals surface area contributed by atoms with E-state index in [2.05, 4.69) is 5.32 Å². The third kappa shape index (κ3) is 2.77. The van der Waals surface area contributed by atoms with Crippen LogP contribution in [-0.4, -0.2) is 22.4 Å². The van der Waals surface area contributed by atoms with E-state index in [1.54, 1.807) is 6.07 Å². The van der Waals surface area contributed by atoms with Gasteiger partial charge >= 0.3 is 0 Å². The Morgan fingerprint density at radius 2 is 2.00 bits per heavy atom. The van der Waals surface area contributed by atoms with Gasteiger partial charge in [-0.1, -0.05) is 18.9 Å². The molecule has 0 saturated heterocycles. The van der Waals surface area contributed by atoms with Crippen LogP contribution in [0, 0.1) is 0 Å². The smallest absolute Gasteiger partial charge is 0.115 e. The number of hydrogen-bond acceptors (Lipinski definition) is 3. The summed E-state index contributed by atoms with van der Waals surface area (Å²) in [5.41, 5.74) is 2.06. The highest BCUT2D eigenvalue weighted by molar-refractivity contribution is 5.38. The second kappa shape index (κ2) is 5.14. The number of aliphatic hydroxyl groups is 1. The highest BCUT2D eigenvalue weighted by Crippen LogP contribution is 2.34. The standard InChI is InChI=1S/C16H23NO2/c18-13-6-7-14-12(10-13)4-3-5-15(14)17-11-16(19)8-1-2-9-16/h6-7,10,15,17-19H,1-5,8-9,11H2. The molecule has 3 nitrogen and oxygen atoms in total. The molecule has 0 spiro atoms. The Labute approximate surface area is 114 Å². The van der Waals surface area contributed by atoms with E-state index in [4.69, 9.17) is 0 Å². The first-order valence-corrected chi connectivity index (χ1v) is 7.44. The zero-order valence-corrected chi connectivity index (χ0v) is 11.4. The Kier molecular flexibility index (Phi) is 3.50. The van der Waals surface area contributed by atoms with Crippen molar-refractivity contribution in [2.75, 3.05) is 6.54 Å². The van der Waals surface area contributed by atoms with Gasteiger partial charge in [0.25, 0.3) is 0 Å². The van der Waals surface area contributed by atoms with E-state index in [0.717, 1.165) is 44.9 Å². The summed E-state index contributed by atoms with van der Waals surface area (Å²) in [5.74, 6) is 0.355. The minimum Gasteiger partial charge on any atom is -0.508 e. The van der Waals surface area contributed by atoms with Gasteiger partial charge in [-0.05, 0) is 55.4 Å². The minimum atomic E-state index is -0.492. The fraction of sp³-hybridized carbons (Fsp3) is 0.625. The molecule has 0 radical (unpaired) electrons. The Hall–Kier alpha value is -1.06. The minimum absolute atomic E-state index is 0.328. The number of rotatable bonds is 3. The molecule has 1 aromatic carbocycles. The molecular weight excluding hydrogens is 238 g/mol. The molecule has 1 saturated carbocycles. The van der Waals surface area contributed by atoms with Gasteiger partial charge in [0.1, 0.15) is 5.75 Å². The molecule has 3 rings (SSSR count). The summed E-state index contributed by atoms with van der Waals surface area (Å²) in [6, 6.07) is 6.01. The molecule has 0 aromatic heterocycles. The monoisotopic (exact) mass is 261 g/mol. The summed E-state index contributed by atoms with van der Waals surface area (Å²) in [6.07, 6.45) is 7.46. The molecule has 0 aliphatic heterocycles. The van der Waals surface area contributed by atoms with Gasteiger partial charge in [-0.25, -0.2) is 0 Å².